The van der Waals surface area contributed by atoms with Crippen LogP contribution >= 0.6 is 23.2 Å². The summed E-state index contributed by atoms with van der Waals surface area (Å²) >= 11 is 11.3. The predicted molar refractivity (Wildman–Crippen MR) is 55.3 cm³/mol. The number of nitrogen functional groups attached to an aromatic ring is 1. The van der Waals surface area contributed by atoms with E-state index in [1.165, 1.54) is 0 Å². The van der Waals surface area contributed by atoms with Gasteiger partial charge in [-0.1, -0.05) is 23.2 Å². The van der Waals surface area contributed by atoms with Crippen molar-refractivity contribution in [1.29, 1.82) is 0 Å². The number of nitrogens with zero attached hydrogens (tertiary/aromatic N) is 1. The van der Waals surface area contributed by atoms with Crippen molar-refractivity contribution in [3.05, 3.63) is 21.4 Å². The molecular weight excluding hydrogens is 246 g/mol. The summed E-state index contributed by atoms with van der Waals surface area (Å²) in [6.45, 7) is -0.702. The zero-order valence-corrected chi connectivity index (χ0v) is 8.94. The number of aromatic nitrogens is 1. The first-order chi connectivity index (χ1) is 6.99. The summed E-state index contributed by atoms with van der Waals surface area (Å²) in [5.41, 5.74) is 5.05. The van der Waals surface area contributed by atoms with Crippen LogP contribution in [0, 0.1) is 0 Å². The number of aryl methyl sites for hydroxylation is 1. The van der Waals surface area contributed by atoms with Crippen molar-refractivity contribution in [2.24, 2.45) is 0 Å². The summed E-state index contributed by atoms with van der Waals surface area (Å²) in [5, 5.41) is 8.51. The summed E-state index contributed by atoms with van der Waals surface area (Å²) in [4.78, 5) is 14.3. The summed E-state index contributed by atoms with van der Waals surface area (Å²) < 4.78 is 12.1. The second-order valence-corrected chi connectivity index (χ2v) is 3.45. The predicted octanol–water partition coefficient (Wildman–Crippen LogP) is 2.18. The van der Waals surface area contributed by atoms with Gasteiger partial charge in [0.2, 0.25) is 0 Å². The van der Waals surface area contributed by atoms with E-state index in [-0.39, 0.29) is 27.8 Å². The maximum atomic E-state index is 12.1. The van der Waals surface area contributed by atoms with E-state index in [0.717, 1.165) is 0 Å². The molecule has 0 saturated carbocycles. The third kappa shape index (κ3) is 2.30. The van der Waals surface area contributed by atoms with E-state index < -0.39 is 18.3 Å². The second kappa shape index (κ2) is 4.63. The number of nitrogens with two attached hydrogens (primary N) is 1. The normalized spacial score (nSPS) is 10.3. The van der Waals surface area contributed by atoms with E-state index in [1.54, 1.807) is 0 Å². The maximum absolute atomic E-state index is 12.1. The van der Waals surface area contributed by atoms with Crippen LogP contribution in [0.5, 0.6) is 0 Å². The second-order valence-electron chi connectivity index (χ2n) is 2.69. The molecule has 1 aromatic rings. The first-order valence-corrected chi connectivity index (χ1v) is 4.67. The summed E-state index contributed by atoms with van der Waals surface area (Å²) in [6, 6.07) is 0. The number of aromatic carboxylic acids is 1. The van der Waals surface area contributed by atoms with Crippen LogP contribution in [0.25, 0.3) is 0 Å². The van der Waals surface area contributed by atoms with E-state index in [0.29, 0.717) is 0 Å². The Bertz CT molecular complexity index is 412. The molecule has 0 atom stereocenters. The minimum absolute atomic E-state index is 0.00245. The third-order valence-corrected chi connectivity index (χ3v) is 2.52. The molecule has 0 bridgehead atoms. The molecule has 0 aliphatic heterocycles. The average Bonchev–Trinajstić information content (AvgIpc) is 2.18. The fourth-order valence-electron chi connectivity index (χ4n) is 1.01. The lowest BCUT2D eigenvalue weighted by molar-refractivity contribution is 0.0690. The van der Waals surface area contributed by atoms with Gasteiger partial charge in [-0.25, -0.2) is 9.78 Å². The fourth-order valence-corrected chi connectivity index (χ4v) is 1.51. The highest BCUT2D eigenvalue weighted by molar-refractivity contribution is 6.40. The molecule has 0 amide bonds. The Morgan fingerprint density at radius 2 is 2.07 bits per heavy atom. The van der Waals surface area contributed by atoms with Gasteiger partial charge in [-0.05, 0) is 0 Å². The minimum atomic E-state index is -1.33. The van der Waals surface area contributed by atoms with Gasteiger partial charge in [0, 0.05) is 6.42 Å². The standard InChI is InChI=1S/C8H7Cl2FN2O2/c9-4-3(1-2-11)13-7(8(14)15)5(10)6(4)12/h1-2H2,(H2,12,13)(H,14,15). The van der Waals surface area contributed by atoms with Crippen LogP contribution in [-0.4, -0.2) is 22.7 Å². The number of alkyl halides is 1. The van der Waals surface area contributed by atoms with Crippen molar-refractivity contribution in [2.45, 2.75) is 6.42 Å². The Kier molecular flexibility index (Phi) is 3.71. The first-order valence-electron chi connectivity index (χ1n) is 3.91. The molecule has 0 radical (unpaired) electrons. The number of halogens is 3. The van der Waals surface area contributed by atoms with Gasteiger partial charge in [0.1, 0.15) is 0 Å². The highest BCUT2D eigenvalue weighted by Gasteiger charge is 2.19. The van der Waals surface area contributed by atoms with Crippen LogP contribution in [0.15, 0.2) is 0 Å². The Hall–Kier alpha value is -1.07. The monoisotopic (exact) mass is 252 g/mol. The van der Waals surface area contributed by atoms with Crippen molar-refractivity contribution in [3.8, 4) is 0 Å². The molecule has 0 unspecified atom stereocenters. The van der Waals surface area contributed by atoms with Crippen molar-refractivity contribution in [1.82, 2.24) is 4.98 Å². The van der Waals surface area contributed by atoms with Crippen LogP contribution < -0.4 is 5.73 Å². The van der Waals surface area contributed by atoms with Crippen LogP contribution in [0.2, 0.25) is 10.0 Å². The smallest absolute Gasteiger partial charge is 0.356 e. The van der Waals surface area contributed by atoms with Crippen molar-refractivity contribution < 1.29 is 14.3 Å². The van der Waals surface area contributed by atoms with Gasteiger partial charge < -0.3 is 10.8 Å². The molecule has 0 aliphatic carbocycles. The molecule has 7 heteroatoms. The number of rotatable bonds is 3. The van der Waals surface area contributed by atoms with E-state index in [4.69, 9.17) is 34.0 Å². The van der Waals surface area contributed by atoms with Crippen molar-refractivity contribution in [3.63, 3.8) is 0 Å². The molecule has 0 aliphatic rings. The zero-order valence-electron chi connectivity index (χ0n) is 7.43. The first kappa shape index (κ1) is 12.0. The zero-order chi connectivity index (χ0) is 11.6. The largest absolute Gasteiger partial charge is 0.476 e. The van der Waals surface area contributed by atoms with Gasteiger partial charge in [-0.15, -0.1) is 0 Å². The summed E-state index contributed by atoms with van der Waals surface area (Å²) in [7, 11) is 0. The highest BCUT2D eigenvalue weighted by atomic mass is 35.5. The molecule has 0 fully saturated rings. The molecule has 3 N–H and O–H groups in total. The molecule has 0 spiro atoms. The summed E-state index contributed by atoms with van der Waals surface area (Å²) in [5.74, 6) is -1.33. The Balaban J connectivity index is 3.38. The minimum Gasteiger partial charge on any atom is -0.476 e. The van der Waals surface area contributed by atoms with Gasteiger partial charge in [-0.2, -0.15) is 0 Å². The molecule has 0 aromatic carbocycles. The molecule has 15 heavy (non-hydrogen) atoms. The third-order valence-electron chi connectivity index (χ3n) is 1.71. The van der Waals surface area contributed by atoms with Crippen LogP contribution in [0.3, 0.4) is 0 Å². The number of hydrogen-bond acceptors (Lipinski definition) is 3. The van der Waals surface area contributed by atoms with Crippen LogP contribution in [-0.2, 0) is 6.42 Å². The molecule has 4 nitrogen and oxygen atoms in total. The number of carboxylic acids is 1. The number of pyridine rings is 1. The Morgan fingerprint density at radius 1 is 1.47 bits per heavy atom. The molecule has 1 rings (SSSR count). The SMILES string of the molecule is Nc1c(Cl)c(CCF)nc(C(=O)O)c1Cl. The summed E-state index contributed by atoms with van der Waals surface area (Å²) in [6.07, 6.45) is -0.0967. The molecular formula is C8H7Cl2FN2O2. The number of hydrogen-bond donors (Lipinski definition) is 2. The lowest BCUT2D eigenvalue weighted by Gasteiger charge is -2.08. The molecule has 1 aromatic heterocycles. The van der Waals surface area contributed by atoms with Crippen LogP contribution in [0.4, 0.5) is 10.1 Å². The van der Waals surface area contributed by atoms with Crippen molar-refractivity contribution in [2.75, 3.05) is 12.4 Å². The molecule has 1 heterocycles. The number of carbonyl (C=O) groups is 1. The van der Waals surface area contributed by atoms with E-state index >= 15 is 0 Å². The topological polar surface area (TPSA) is 76.2 Å². The van der Waals surface area contributed by atoms with E-state index in [9.17, 15) is 9.18 Å². The van der Waals surface area contributed by atoms with Gasteiger partial charge in [0.25, 0.3) is 0 Å². The molecule has 0 saturated heterocycles. The van der Waals surface area contributed by atoms with Gasteiger partial charge in [0.05, 0.1) is 28.1 Å². The lowest BCUT2D eigenvalue weighted by Crippen LogP contribution is -2.08. The van der Waals surface area contributed by atoms with E-state index in [2.05, 4.69) is 4.98 Å². The van der Waals surface area contributed by atoms with E-state index in [1.807, 2.05) is 0 Å². The molecule has 82 valence electrons. The van der Waals surface area contributed by atoms with Gasteiger partial charge >= 0.3 is 5.97 Å². The average molecular weight is 253 g/mol. The lowest BCUT2D eigenvalue weighted by atomic mass is 10.2. The van der Waals surface area contributed by atoms with Crippen LogP contribution in [0.1, 0.15) is 16.2 Å². The fraction of sp³-hybridized carbons (Fsp3) is 0.250. The van der Waals surface area contributed by atoms with Crippen molar-refractivity contribution >= 4 is 34.9 Å². The number of anilines is 1. The highest BCUT2D eigenvalue weighted by Crippen LogP contribution is 2.32. The maximum Gasteiger partial charge on any atom is 0.356 e. The Labute approximate surface area is 94.8 Å². The Morgan fingerprint density at radius 3 is 2.53 bits per heavy atom. The van der Waals surface area contributed by atoms with Gasteiger partial charge in [-0.3, -0.25) is 4.39 Å². The number of carboxylic acid groups (broad SMARTS) is 1. The van der Waals surface area contributed by atoms with Gasteiger partial charge in [0.15, 0.2) is 5.69 Å². The quantitative estimate of drug-likeness (QED) is 0.865.